The van der Waals surface area contributed by atoms with Crippen LogP contribution in [0.2, 0.25) is 0 Å². The summed E-state index contributed by atoms with van der Waals surface area (Å²) in [6, 6.07) is 4.25. The first-order valence-electron chi connectivity index (χ1n) is 2.89. The summed E-state index contributed by atoms with van der Waals surface area (Å²) in [6.07, 6.45) is 4.25. The van der Waals surface area contributed by atoms with Gasteiger partial charge in [0, 0.05) is 11.9 Å². The average Bonchev–Trinajstić information content (AvgIpc) is 2.12. The van der Waals surface area contributed by atoms with Crippen molar-refractivity contribution in [2.45, 2.75) is 12.8 Å². The molecule has 0 fully saturated rings. The molecule has 0 unspecified atom stereocenters. The van der Waals surface area contributed by atoms with Gasteiger partial charge >= 0.3 is 0 Å². The third-order valence-corrected chi connectivity index (χ3v) is 1.55. The van der Waals surface area contributed by atoms with Gasteiger partial charge in [0.2, 0.25) is 0 Å². The first-order valence-corrected chi connectivity index (χ1v) is 2.89. The number of aryl methyl sites for hydroxylation is 2. The van der Waals surface area contributed by atoms with E-state index < -0.39 is 0 Å². The SMILES string of the molecule is c1cc2cc(n1)CC2. The molecule has 0 saturated heterocycles. The molecule has 1 aliphatic carbocycles. The van der Waals surface area contributed by atoms with Crippen molar-refractivity contribution >= 4 is 0 Å². The Morgan fingerprint density at radius 2 is 2.38 bits per heavy atom. The fourth-order valence-corrected chi connectivity index (χ4v) is 1.09. The molecule has 0 aliphatic heterocycles. The fraction of sp³-hybridized carbons (Fsp3) is 0.286. The Balaban J connectivity index is 2.66. The number of nitrogens with zero attached hydrogens (tertiary/aromatic N) is 1. The van der Waals surface area contributed by atoms with Crippen molar-refractivity contribution in [3.05, 3.63) is 29.6 Å². The molecule has 1 heterocycles. The van der Waals surface area contributed by atoms with Crippen molar-refractivity contribution in [1.29, 1.82) is 0 Å². The smallest absolute Gasteiger partial charge is 0.0409 e. The second-order valence-electron chi connectivity index (χ2n) is 2.16. The normalized spacial score (nSPS) is 14.5. The van der Waals surface area contributed by atoms with E-state index in [2.05, 4.69) is 17.1 Å². The Morgan fingerprint density at radius 1 is 1.38 bits per heavy atom. The zero-order chi connectivity index (χ0) is 5.40. The quantitative estimate of drug-likeness (QED) is 0.482. The molecule has 0 saturated carbocycles. The Morgan fingerprint density at radius 3 is 3.12 bits per heavy atom. The van der Waals surface area contributed by atoms with Gasteiger partial charge in [-0.25, -0.2) is 0 Å². The van der Waals surface area contributed by atoms with Crippen LogP contribution in [0.25, 0.3) is 0 Å². The molecule has 1 nitrogen and oxygen atoms in total. The van der Waals surface area contributed by atoms with Crippen LogP contribution in [0.5, 0.6) is 0 Å². The number of fused-ring (bicyclic) bond motifs is 2. The molecule has 0 amide bonds. The van der Waals surface area contributed by atoms with Crippen molar-refractivity contribution in [2.24, 2.45) is 0 Å². The molecule has 0 N–H and O–H groups in total. The third kappa shape index (κ3) is 0.443. The van der Waals surface area contributed by atoms with E-state index in [9.17, 15) is 0 Å². The third-order valence-electron chi connectivity index (χ3n) is 1.55. The molecule has 1 aliphatic rings. The maximum absolute atomic E-state index is 4.15. The van der Waals surface area contributed by atoms with Crippen molar-refractivity contribution in [1.82, 2.24) is 4.98 Å². The van der Waals surface area contributed by atoms with Gasteiger partial charge in [-0.1, -0.05) is 0 Å². The molecule has 1 aromatic heterocycles. The Labute approximate surface area is 48.4 Å². The maximum Gasteiger partial charge on any atom is 0.0409 e. The van der Waals surface area contributed by atoms with E-state index in [1.54, 1.807) is 0 Å². The van der Waals surface area contributed by atoms with Crippen LogP contribution in [0, 0.1) is 0 Å². The van der Waals surface area contributed by atoms with E-state index >= 15 is 0 Å². The highest BCUT2D eigenvalue weighted by molar-refractivity contribution is 5.23. The predicted octanol–water partition coefficient (Wildman–Crippen LogP) is 1.18. The minimum absolute atomic E-state index is 1.16. The van der Waals surface area contributed by atoms with Crippen LogP contribution in [0.4, 0.5) is 0 Å². The zero-order valence-electron chi connectivity index (χ0n) is 4.59. The lowest BCUT2D eigenvalue weighted by Crippen LogP contribution is -1.76. The topological polar surface area (TPSA) is 12.9 Å². The molecule has 2 bridgehead atoms. The lowest BCUT2D eigenvalue weighted by molar-refractivity contribution is 0.995. The second kappa shape index (κ2) is 1.31. The lowest BCUT2D eigenvalue weighted by atomic mass is 10.3. The highest BCUT2D eigenvalue weighted by atomic mass is 14.7. The van der Waals surface area contributed by atoms with E-state index in [0.717, 1.165) is 6.42 Å². The highest BCUT2D eigenvalue weighted by Gasteiger charge is 2.04. The summed E-state index contributed by atoms with van der Waals surface area (Å²) in [7, 11) is 0. The van der Waals surface area contributed by atoms with Crippen LogP contribution >= 0.6 is 0 Å². The van der Waals surface area contributed by atoms with Gasteiger partial charge in [-0.2, -0.15) is 0 Å². The van der Waals surface area contributed by atoms with Crippen molar-refractivity contribution in [2.75, 3.05) is 0 Å². The standard InChI is InChI=1S/C7H7N/c1-2-7-5-6(1)3-4-8-7/h3-5H,1-2H2. The number of rotatable bonds is 0. The van der Waals surface area contributed by atoms with Gasteiger partial charge in [-0.05, 0) is 30.5 Å². The van der Waals surface area contributed by atoms with Gasteiger partial charge in [-0.15, -0.1) is 0 Å². The molecule has 0 radical (unpaired) electrons. The van der Waals surface area contributed by atoms with E-state index in [1.165, 1.54) is 17.7 Å². The van der Waals surface area contributed by atoms with Gasteiger partial charge in [0.1, 0.15) is 0 Å². The lowest BCUT2D eigenvalue weighted by Gasteiger charge is -1.82. The molecule has 1 heteroatoms. The molecule has 0 spiro atoms. The van der Waals surface area contributed by atoms with Crippen molar-refractivity contribution in [3.8, 4) is 0 Å². The molecular formula is C7H7N. The summed E-state index contributed by atoms with van der Waals surface area (Å²) in [4.78, 5) is 4.15. The minimum Gasteiger partial charge on any atom is -0.261 e. The zero-order valence-corrected chi connectivity index (χ0v) is 4.59. The molecule has 1 aromatic rings. The summed E-state index contributed by atoms with van der Waals surface area (Å²) in [5, 5.41) is 0. The Kier molecular flexibility index (Phi) is 0.668. The summed E-state index contributed by atoms with van der Waals surface area (Å²) in [5.41, 5.74) is 2.69. The number of hydrogen-bond acceptors (Lipinski definition) is 1. The Bertz CT molecular complexity index is 186. The molecule has 40 valence electrons. The van der Waals surface area contributed by atoms with Crippen LogP contribution < -0.4 is 0 Å². The number of aromatic nitrogens is 1. The first kappa shape index (κ1) is 4.07. The van der Waals surface area contributed by atoms with Crippen LogP contribution in [-0.2, 0) is 12.8 Å². The van der Waals surface area contributed by atoms with Crippen LogP contribution in [0.1, 0.15) is 11.3 Å². The summed E-state index contributed by atoms with van der Waals surface area (Å²) >= 11 is 0. The second-order valence-corrected chi connectivity index (χ2v) is 2.16. The van der Waals surface area contributed by atoms with E-state index in [4.69, 9.17) is 0 Å². The molecule has 0 aromatic carbocycles. The van der Waals surface area contributed by atoms with Crippen LogP contribution in [-0.4, -0.2) is 4.98 Å². The summed E-state index contributed by atoms with van der Waals surface area (Å²) in [6.45, 7) is 0. The van der Waals surface area contributed by atoms with E-state index in [1.807, 2.05) is 6.20 Å². The molecule has 2 rings (SSSR count). The van der Waals surface area contributed by atoms with E-state index in [-0.39, 0.29) is 0 Å². The number of hydrogen-bond donors (Lipinski definition) is 0. The molecule has 8 heavy (non-hydrogen) atoms. The van der Waals surface area contributed by atoms with Gasteiger partial charge in [0.25, 0.3) is 0 Å². The average molecular weight is 105 g/mol. The monoisotopic (exact) mass is 105 g/mol. The highest BCUT2D eigenvalue weighted by Crippen LogP contribution is 2.12. The minimum atomic E-state index is 1.16. The van der Waals surface area contributed by atoms with Gasteiger partial charge in [0.15, 0.2) is 0 Å². The molecular weight excluding hydrogens is 98.1 g/mol. The van der Waals surface area contributed by atoms with Crippen molar-refractivity contribution in [3.63, 3.8) is 0 Å². The van der Waals surface area contributed by atoms with Crippen molar-refractivity contribution < 1.29 is 0 Å². The van der Waals surface area contributed by atoms with Crippen LogP contribution in [0.15, 0.2) is 18.3 Å². The van der Waals surface area contributed by atoms with Gasteiger partial charge < -0.3 is 0 Å². The first-order chi connectivity index (χ1) is 3.95. The van der Waals surface area contributed by atoms with Gasteiger partial charge in [-0.3, -0.25) is 4.98 Å². The summed E-state index contributed by atoms with van der Waals surface area (Å²) in [5.74, 6) is 0. The van der Waals surface area contributed by atoms with Gasteiger partial charge in [0.05, 0.1) is 0 Å². The largest absolute Gasteiger partial charge is 0.261 e. The maximum atomic E-state index is 4.15. The molecule has 0 atom stereocenters. The Hall–Kier alpha value is -0.850. The predicted molar refractivity (Wildman–Crippen MR) is 31.6 cm³/mol. The fourth-order valence-electron chi connectivity index (χ4n) is 1.09. The number of pyridine rings is 1. The summed E-state index contributed by atoms with van der Waals surface area (Å²) < 4.78 is 0. The van der Waals surface area contributed by atoms with Crippen LogP contribution in [0.3, 0.4) is 0 Å². The van der Waals surface area contributed by atoms with E-state index in [0.29, 0.717) is 0 Å².